The molecule has 8 atom stereocenters. The summed E-state index contributed by atoms with van der Waals surface area (Å²) in [4.78, 5) is 0. The van der Waals surface area contributed by atoms with Crippen molar-refractivity contribution in [1.82, 2.24) is 0 Å². The van der Waals surface area contributed by atoms with Crippen molar-refractivity contribution in [3.05, 3.63) is 0 Å². The molecule has 3 fully saturated rings. The van der Waals surface area contributed by atoms with Crippen LogP contribution in [0.4, 0.5) is 0 Å². The highest BCUT2D eigenvalue weighted by atomic mass is 28.4. The third kappa shape index (κ3) is 8.01. The van der Waals surface area contributed by atoms with Crippen molar-refractivity contribution in [2.75, 3.05) is 13.2 Å². The lowest BCUT2D eigenvalue weighted by molar-refractivity contribution is -0.255. The van der Waals surface area contributed by atoms with Crippen molar-refractivity contribution < 1.29 is 32.6 Å². The molecule has 3 aliphatic rings. The first-order valence-corrected chi connectivity index (χ1v) is 25.3. The molecule has 0 amide bonds. The lowest BCUT2D eigenvalue weighted by Gasteiger charge is -2.51. The van der Waals surface area contributed by atoms with Gasteiger partial charge in [0.1, 0.15) is 30.5 Å². The van der Waals surface area contributed by atoms with E-state index in [0.29, 0.717) is 6.42 Å². The Hall–Kier alpha value is 0.371. The van der Waals surface area contributed by atoms with Gasteiger partial charge in [0.2, 0.25) is 0 Å². The van der Waals surface area contributed by atoms with Gasteiger partial charge in [0, 0.05) is 13.2 Å². The third-order valence-corrected chi connectivity index (χ3v) is 25.4. The van der Waals surface area contributed by atoms with E-state index in [9.17, 15) is 5.11 Å². The highest BCUT2D eigenvalue weighted by Crippen LogP contribution is 2.45. The Morgan fingerprint density at radius 1 is 0.690 bits per heavy atom. The van der Waals surface area contributed by atoms with Crippen molar-refractivity contribution in [1.29, 1.82) is 0 Å². The number of aliphatic hydroxyl groups is 1. The maximum Gasteiger partial charge on any atom is 0.192 e. The molecular formula is C32H66O7Si3. The Bertz CT molecular complexity index is 798. The fourth-order valence-electron chi connectivity index (χ4n) is 6.98. The zero-order valence-electron chi connectivity index (χ0n) is 29.0. The summed E-state index contributed by atoms with van der Waals surface area (Å²) in [5, 5.41) is 10.2. The van der Waals surface area contributed by atoms with Gasteiger partial charge in [-0.2, -0.15) is 0 Å². The second-order valence-electron chi connectivity index (χ2n) is 14.6. The first kappa shape index (κ1) is 36.8. The molecule has 248 valence electrons. The van der Waals surface area contributed by atoms with Gasteiger partial charge in [-0.25, -0.2) is 0 Å². The number of hydrogen-bond donors (Lipinski definition) is 1. The minimum absolute atomic E-state index is 0.0328. The number of aliphatic hydroxyl groups excluding tert-OH is 1. The summed E-state index contributed by atoms with van der Waals surface area (Å²) in [7, 11) is -5.72. The van der Waals surface area contributed by atoms with E-state index in [1.165, 1.54) is 0 Å². The average molecular weight is 647 g/mol. The van der Waals surface area contributed by atoms with Crippen molar-refractivity contribution >= 4 is 25.0 Å². The zero-order valence-corrected chi connectivity index (χ0v) is 32.0. The predicted molar refractivity (Wildman–Crippen MR) is 179 cm³/mol. The molecule has 0 aromatic rings. The minimum atomic E-state index is -1.98. The van der Waals surface area contributed by atoms with Crippen LogP contribution in [0.15, 0.2) is 0 Å². The normalized spacial score (nSPS) is 32.6. The fourth-order valence-corrected chi connectivity index (χ4v) is 13.7. The largest absolute Gasteiger partial charge is 0.417 e. The fraction of sp³-hybridized carbons (Fsp3) is 1.00. The molecule has 42 heavy (non-hydrogen) atoms. The van der Waals surface area contributed by atoms with Crippen LogP contribution in [-0.2, 0) is 27.5 Å². The molecular weight excluding hydrogens is 581 g/mol. The van der Waals surface area contributed by atoms with E-state index in [1.807, 2.05) is 0 Å². The second-order valence-corrected chi connectivity index (χ2v) is 28.9. The van der Waals surface area contributed by atoms with Gasteiger partial charge in [0.25, 0.3) is 0 Å². The number of hydrogen-bond acceptors (Lipinski definition) is 7. The molecule has 0 spiro atoms. The standard InChI is InChI=1S/C32H66O7Si3/c1-12-41(13-2,14-3)38-28-26(20-22-33)37-30-29(28)36-25-19-18-24(21-23-34-40(10,11)32(7,8)9)35-27(25)31(30)39-42(15-4,16-5)17-6/h24-31,33H,12-23H2,1-11H3/t24-,25+,26-,27+,28+,29+,30-,31+/m1/s1. The Kier molecular flexibility index (Phi) is 13.4. The molecule has 3 heterocycles. The average Bonchev–Trinajstić information content (AvgIpc) is 3.30. The topological polar surface area (TPSA) is 75.6 Å². The summed E-state index contributed by atoms with van der Waals surface area (Å²) < 4.78 is 41.7. The Balaban J connectivity index is 1.88. The number of rotatable bonds is 16. The summed E-state index contributed by atoms with van der Waals surface area (Å²) in [5.74, 6) is 0. The lowest BCUT2D eigenvalue weighted by Crippen LogP contribution is -2.65. The van der Waals surface area contributed by atoms with E-state index >= 15 is 0 Å². The van der Waals surface area contributed by atoms with Crippen LogP contribution in [0.2, 0.25) is 54.4 Å². The SMILES string of the molecule is CC[Si](CC)(CC)O[C@@H]1[C@@H]2O[C@H](CCO)[C@H](O[Si](CC)(CC)CC)[C@@H]2O[C@H]2CC[C@H](CCO[Si](C)(C)C(C)(C)C)O[C@H]12. The number of fused-ring (bicyclic) bond motifs is 2. The highest BCUT2D eigenvalue weighted by molar-refractivity contribution is 6.74. The van der Waals surface area contributed by atoms with Crippen molar-refractivity contribution in [2.24, 2.45) is 0 Å². The van der Waals surface area contributed by atoms with Crippen LogP contribution in [-0.4, -0.2) is 92.1 Å². The molecule has 0 aromatic carbocycles. The van der Waals surface area contributed by atoms with Crippen LogP contribution < -0.4 is 0 Å². The van der Waals surface area contributed by atoms with Crippen LogP contribution in [0.1, 0.15) is 88.0 Å². The van der Waals surface area contributed by atoms with Gasteiger partial charge < -0.3 is 32.6 Å². The van der Waals surface area contributed by atoms with Crippen molar-refractivity contribution in [3.8, 4) is 0 Å². The molecule has 7 nitrogen and oxygen atoms in total. The molecule has 10 heteroatoms. The van der Waals surface area contributed by atoms with Gasteiger partial charge in [-0.15, -0.1) is 0 Å². The quantitative estimate of drug-likeness (QED) is 0.173. The van der Waals surface area contributed by atoms with Gasteiger partial charge in [0.15, 0.2) is 25.0 Å². The van der Waals surface area contributed by atoms with E-state index in [1.54, 1.807) is 0 Å². The molecule has 0 radical (unpaired) electrons. The van der Waals surface area contributed by atoms with Crippen LogP contribution in [0.25, 0.3) is 0 Å². The molecule has 0 bridgehead atoms. The minimum Gasteiger partial charge on any atom is -0.417 e. The zero-order chi connectivity index (χ0) is 31.3. The molecule has 0 unspecified atom stereocenters. The summed E-state index contributed by atoms with van der Waals surface area (Å²) in [6.07, 6.45) is 2.32. The van der Waals surface area contributed by atoms with Crippen LogP contribution in [0.5, 0.6) is 0 Å². The summed E-state index contributed by atoms with van der Waals surface area (Å²) in [6.45, 7) is 26.0. The lowest BCUT2D eigenvalue weighted by atomic mass is 9.88. The first-order chi connectivity index (χ1) is 19.8. The summed E-state index contributed by atoms with van der Waals surface area (Å²) in [5.41, 5.74) is 0. The Morgan fingerprint density at radius 3 is 1.71 bits per heavy atom. The van der Waals surface area contributed by atoms with Crippen molar-refractivity contribution in [3.63, 3.8) is 0 Å². The maximum atomic E-state index is 10.0. The van der Waals surface area contributed by atoms with E-state index in [0.717, 1.165) is 62.1 Å². The predicted octanol–water partition coefficient (Wildman–Crippen LogP) is 7.64. The molecule has 0 aromatic heterocycles. The van der Waals surface area contributed by atoms with Crippen molar-refractivity contribution in [2.45, 2.75) is 191 Å². The summed E-state index contributed by atoms with van der Waals surface area (Å²) in [6, 6.07) is 6.45. The second kappa shape index (κ2) is 15.3. The van der Waals surface area contributed by atoms with Crippen LogP contribution in [0.3, 0.4) is 0 Å². The maximum absolute atomic E-state index is 10.0. The monoisotopic (exact) mass is 646 g/mol. The van der Waals surface area contributed by atoms with Gasteiger partial charge in [-0.05, 0) is 80.1 Å². The third-order valence-electron chi connectivity index (χ3n) is 11.6. The van der Waals surface area contributed by atoms with E-state index in [-0.39, 0.29) is 60.5 Å². The Labute approximate surface area is 261 Å². The smallest absolute Gasteiger partial charge is 0.192 e. The van der Waals surface area contributed by atoms with Gasteiger partial charge in [-0.1, -0.05) is 62.3 Å². The molecule has 0 aliphatic carbocycles. The molecule has 3 rings (SSSR count). The van der Waals surface area contributed by atoms with Gasteiger partial charge >= 0.3 is 0 Å². The van der Waals surface area contributed by atoms with E-state index in [4.69, 9.17) is 27.5 Å². The first-order valence-electron chi connectivity index (χ1n) is 17.3. The molecule has 3 saturated heterocycles. The van der Waals surface area contributed by atoms with E-state index in [2.05, 4.69) is 75.4 Å². The molecule has 1 N–H and O–H groups in total. The summed E-state index contributed by atoms with van der Waals surface area (Å²) >= 11 is 0. The van der Waals surface area contributed by atoms with Gasteiger partial charge in [-0.3, -0.25) is 0 Å². The number of ether oxygens (including phenoxy) is 3. The van der Waals surface area contributed by atoms with E-state index < -0.39 is 25.0 Å². The van der Waals surface area contributed by atoms with Crippen LogP contribution >= 0.6 is 0 Å². The van der Waals surface area contributed by atoms with Gasteiger partial charge in [0.05, 0.1) is 18.3 Å². The highest BCUT2D eigenvalue weighted by Gasteiger charge is 2.60. The Morgan fingerprint density at radius 2 is 1.21 bits per heavy atom. The van der Waals surface area contributed by atoms with Crippen LogP contribution in [0, 0.1) is 0 Å². The molecule has 3 aliphatic heterocycles. The molecule has 0 saturated carbocycles.